The van der Waals surface area contributed by atoms with Gasteiger partial charge in [0.25, 0.3) is 0 Å². The Kier molecular flexibility index (Phi) is 5.33. The van der Waals surface area contributed by atoms with Crippen LogP contribution in [0.5, 0.6) is 5.75 Å². The molecule has 0 atom stereocenters. The molecule has 0 aliphatic rings. The molecule has 1 heterocycles. The van der Waals surface area contributed by atoms with Crippen molar-refractivity contribution in [3.8, 4) is 5.75 Å². The topological polar surface area (TPSA) is 33.4 Å². The highest BCUT2D eigenvalue weighted by Gasteiger charge is 2.21. The van der Waals surface area contributed by atoms with Gasteiger partial charge in [-0.1, -0.05) is 6.07 Å². The van der Waals surface area contributed by atoms with Crippen molar-refractivity contribution < 1.29 is 26.5 Å². The molecule has 0 unspecified atom stereocenters. The van der Waals surface area contributed by atoms with E-state index in [9.17, 15) is 4.79 Å². The first kappa shape index (κ1) is 15.0. The van der Waals surface area contributed by atoms with Crippen molar-refractivity contribution in [1.29, 1.82) is 0 Å². The number of anilines is 1. The Hall–Kier alpha value is -2.07. The molecule has 0 radical (unpaired) electrons. The monoisotopic (exact) mass is 278 g/mol. The summed E-state index contributed by atoms with van der Waals surface area (Å²) in [6.07, 6.45) is 3.45. The lowest BCUT2D eigenvalue weighted by Crippen LogP contribution is -3.00. The molecule has 0 spiro atoms. The standard InChI is InChI=1S/C14H15N2O2.ClH/c1-15(12-6-8-13(18-2)9-7-12)14(17)16-10-4-3-5-11-16;/h3-11H,1-2H3;1H/q+1;/p-1. The Morgan fingerprint density at radius 2 is 1.68 bits per heavy atom. The van der Waals surface area contributed by atoms with Crippen LogP contribution in [0.25, 0.3) is 0 Å². The summed E-state index contributed by atoms with van der Waals surface area (Å²) in [6.45, 7) is 0. The Bertz CT molecular complexity index is 529. The molecular formula is C14H15ClN2O2. The average Bonchev–Trinajstić information content (AvgIpc) is 2.47. The molecule has 100 valence electrons. The van der Waals surface area contributed by atoms with Gasteiger partial charge in [0, 0.05) is 0 Å². The number of methoxy groups -OCH3 is 1. The van der Waals surface area contributed by atoms with E-state index in [1.807, 2.05) is 42.5 Å². The summed E-state index contributed by atoms with van der Waals surface area (Å²) in [5.74, 6) is 0.770. The maximum atomic E-state index is 12.2. The molecule has 0 bridgehead atoms. The van der Waals surface area contributed by atoms with Crippen LogP contribution in [0.3, 0.4) is 0 Å². The molecule has 0 saturated carbocycles. The van der Waals surface area contributed by atoms with E-state index < -0.39 is 0 Å². The van der Waals surface area contributed by atoms with Crippen LogP contribution in [0.1, 0.15) is 0 Å². The van der Waals surface area contributed by atoms with Crippen LogP contribution in [-0.2, 0) is 0 Å². The van der Waals surface area contributed by atoms with Crippen LogP contribution in [0, 0.1) is 0 Å². The van der Waals surface area contributed by atoms with Crippen LogP contribution >= 0.6 is 0 Å². The third kappa shape index (κ3) is 3.45. The van der Waals surface area contributed by atoms with Gasteiger partial charge in [-0.05, 0) is 36.4 Å². The molecule has 0 saturated heterocycles. The number of hydrogen-bond acceptors (Lipinski definition) is 2. The molecule has 1 aromatic heterocycles. The lowest BCUT2D eigenvalue weighted by molar-refractivity contribution is -0.569. The maximum Gasteiger partial charge on any atom is 0.502 e. The predicted molar refractivity (Wildman–Crippen MR) is 68.8 cm³/mol. The summed E-state index contributed by atoms with van der Waals surface area (Å²) in [4.78, 5) is 13.7. The third-order valence-corrected chi connectivity index (χ3v) is 2.68. The van der Waals surface area contributed by atoms with Crippen molar-refractivity contribution in [2.75, 3.05) is 19.1 Å². The van der Waals surface area contributed by atoms with Crippen molar-refractivity contribution in [1.82, 2.24) is 0 Å². The van der Waals surface area contributed by atoms with Gasteiger partial charge >= 0.3 is 6.03 Å². The van der Waals surface area contributed by atoms with Crippen molar-refractivity contribution in [2.24, 2.45) is 0 Å². The number of ether oxygens (including phenoxy) is 1. The van der Waals surface area contributed by atoms with Crippen LogP contribution in [0.2, 0.25) is 0 Å². The number of rotatable bonds is 2. The zero-order valence-electron chi connectivity index (χ0n) is 10.8. The quantitative estimate of drug-likeness (QED) is 0.667. The molecule has 0 N–H and O–H groups in total. The molecule has 0 fully saturated rings. The Labute approximate surface area is 118 Å². The maximum absolute atomic E-state index is 12.2. The minimum absolute atomic E-state index is 0. The largest absolute Gasteiger partial charge is 1.00 e. The smallest absolute Gasteiger partial charge is 0.502 e. The fraction of sp³-hybridized carbons (Fsp3) is 0.143. The minimum atomic E-state index is -0.110. The van der Waals surface area contributed by atoms with Gasteiger partial charge in [-0.25, -0.2) is 0 Å². The van der Waals surface area contributed by atoms with E-state index in [1.54, 1.807) is 31.5 Å². The molecule has 2 aromatic rings. The molecule has 2 rings (SSSR count). The van der Waals surface area contributed by atoms with Crippen molar-refractivity contribution in [2.45, 2.75) is 0 Å². The summed E-state index contributed by atoms with van der Waals surface area (Å²) in [7, 11) is 3.35. The van der Waals surface area contributed by atoms with Gasteiger partial charge in [-0.2, -0.15) is 14.3 Å². The SMILES string of the molecule is COc1ccc(N(C)C(=O)[n+]2ccccc2)cc1.[Cl-]. The Morgan fingerprint density at radius 3 is 2.21 bits per heavy atom. The van der Waals surface area contributed by atoms with E-state index in [-0.39, 0.29) is 18.4 Å². The van der Waals surface area contributed by atoms with Crippen LogP contribution in [0.15, 0.2) is 54.9 Å². The van der Waals surface area contributed by atoms with Gasteiger partial charge in [0.1, 0.15) is 11.4 Å². The number of amides is 1. The van der Waals surface area contributed by atoms with Crippen LogP contribution < -0.4 is 26.6 Å². The molecular weight excluding hydrogens is 264 g/mol. The minimum Gasteiger partial charge on any atom is -1.00 e. The normalized spacial score (nSPS) is 9.37. The number of halogens is 1. The zero-order valence-corrected chi connectivity index (χ0v) is 11.5. The van der Waals surface area contributed by atoms with Gasteiger partial charge in [0.05, 0.1) is 26.6 Å². The number of carbonyl (C=O) groups excluding carboxylic acids is 1. The van der Waals surface area contributed by atoms with Gasteiger partial charge < -0.3 is 17.1 Å². The molecule has 5 heteroatoms. The van der Waals surface area contributed by atoms with E-state index in [1.165, 1.54) is 4.57 Å². The van der Waals surface area contributed by atoms with Crippen LogP contribution in [0.4, 0.5) is 10.5 Å². The molecule has 4 nitrogen and oxygen atoms in total. The van der Waals surface area contributed by atoms with Gasteiger partial charge in [0.15, 0.2) is 0 Å². The first-order chi connectivity index (χ1) is 8.72. The fourth-order valence-electron chi connectivity index (χ4n) is 1.62. The van der Waals surface area contributed by atoms with E-state index in [0.717, 1.165) is 11.4 Å². The van der Waals surface area contributed by atoms with E-state index >= 15 is 0 Å². The van der Waals surface area contributed by atoms with Gasteiger partial charge in [-0.15, -0.1) is 0 Å². The molecule has 1 amide bonds. The number of pyridine rings is 1. The lowest BCUT2D eigenvalue weighted by atomic mass is 10.3. The zero-order chi connectivity index (χ0) is 13.0. The second kappa shape index (κ2) is 6.75. The number of nitrogens with zero attached hydrogens (tertiary/aromatic N) is 2. The highest BCUT2D eigenvalue weighted by Crippen LogP contribution is 2.17. The molecule has 0 aliphatic heterocycles. The summed E-state index contributed by atoms with van der Waals surface area (Å²) < 4.78 is 6.62. The van der Waals surface area contributed by atoms with Gasteiger partial charge in [-0.3, -0.25) is 0 Å². The summed E-state index contributed by atoms with van der Waals surface area (Å²) in [6, 6.07) is 12.8. The number of carbonyl (C=O) groups is 1. The second-order valence-electron chi connectivity index (χ2n) is 3.82. The Morgan fingerprint density at radius 1 is 1.11 bits per heavy atom. The predicted octanol–water partition coefficient (Wildman–Crippen LogP) is -0.909. The number of hydrogen-bond donors (Lipinski definition) is 0. The highest BCUT2D eigenvalue weighted by molar-refractivity contribution is 5.84. The van der Waals surface area contributed by atoms with E-state index in [0.29, 0.717) is 0 Å². The van der Waals surface area contributed by atoms with E-state index in [4.69, 9.17) is 4.74 Å². The third-order valence-electron chi connectivity index (χ3n) is 2.68. The lowest BCUT2D eigenvalue weighted by Gasteiger charge is -2.09. The van der Waals surface area contributed by atoms with Crippen molar-refractivity contribution in [3.05, 3.63) is 54.9 Å². The Balaban J connectivity index is 0.00000180. The molecule has 19 heavy (non-hydrogen) atoms. The highest BCUT2D eigenvalue weighted by atomic mass is 35.5. The summed E-state index contributed by atoms with van der Waals surface area (Å²) >= 11 is 0. The fourth-order valence-corrected chi connectivity index (χ4v) is 1.62. The number of aromatic nitrogens is 1. The summed E-state index contributed by atoms with van der Waals surface area (Å²) in [5.41, 5.74) is 0.817. The molecule has 0 aliphatic carbocycles. The second-order valence-corrected chi connectivity index (χ2v) is 3.82. The average molecular weight is 279 g/mol. The first-order valence-electron chi connectivity index (χ1n) is 5.61. The molecule has 1 aromatic carbocycles. The number of benzene rings is 1. The van der Waals surface area contributed by atoms with Crippen molar-refractivity contribution in [3.63, 3.8) is 0 Å². The summed E-state index contributed by atoms with van der Waals surface area (Å²) in [5, 5.41) is 0. The van der Waals surface area contributed by atoms with Gasteiger partial charge in [0.2, 0.25) is 0 Å². The van der Waals surface area contributed by atoms with Crippen LogP contribution in [-0.4, -0.2) is 20.2 Å². The van der Waals surface area contributed by atoms with Crippen molar-refractivity contribution >= 4 is 11.7 Å². The van der Waals surface area contributed by atoms with E-state index in [2.05, 4.69) is 0 Å². The first-order valence-corrected chi connectivity index (χ1v) is 5.61.